The second-order valence-electron chi connectivity index (χ2n) is 3.76. The molecule has 0 saturated heterocycles. The highest BCUT2D eigenvalue weighted by molar-refractivity contribution is 5.46. The highest BCUT2D eigenvalue weighted by Gasteiger charge is 2.09. The van der Waals surface area contributed by atoms with E-state index in [1.165, 1.54) is 0 Å². The summed E-state index contributed by atoms with van der Waals surface area (Å²) in [6.07, 6.45) is 1.60. The van der Waals surface area contributed by atoms with Crippen LogP contribution in [-0.4, -0.2) is 32.5 Å². The van der Waals surface area contributed by atoms with Gasteiger partial charge in [-0.15, -0.1) is 0 Å². The summed E-state index contributed by atoms with van der Waals surface area (Å²) in [5, 5.41) is 11.8. The summed E-state index contributed by atoms with van der Waals surface area (Å²) >= 11 is 0. The van der Waals surface area contributed by atoms with Crippen molar-refractivity contribution >= 4 is 0 Å². The SMILES string of the molecule is CNCc1cccc(OC)c1OCCCCO. The average molecular weight is 239 g/mol. The van der Waals surface area contributed by atoms with E-state index in [4.69, 9.17) is 14.6 Å². The van der Waals surface area contributed by atoms with Crippen LogP contribution in [0.25, 0.3) is 0 Å². The molecule has 0 amide bonds. The maximum absolute atomic E-state index is 8.71. The largest absolute Gasteiger partial charge is 0.493 e. The first-order chi connectivity index (χ1) is 8.33. The molecule has 0 aliphatic carbocycles. The summed E-state index contributed by atoms with van der Waals surface area (Å²) in [7, 11) is 3.54. The first-order valence-electron chi connectivity index (χ1n) is 5.87. The van der Waals surface area contributed by atoms with Crippen molar-refractivity contribution in [1.29, 1.82) is 0 Å². The number of rotatable bonds is 8. The number of aliphatic hydroxyl groups is 1. The van der Waals surface area contributed by atoms with Gasteiger partial charge in [0.15, 0.2) is 11.5 Å². The van der Waals surface area contributed by atoms with Crippen molar-refractivity contribution in [3.05, 3.63) is 23.8 Å². The highest BCUT2D eigenvalue weighted by Crippen LogP contribution is 2.31. The van der Waals surface area contributed by atoms with Gasteiger partial charge in [-0.3, -0.25) is 0 Å². The number of aliphatic hydroxyl groups excluding tert-OH is 1. The van der Waals surface area contributed by atoms with E-state index in [-0.39, 0.29) is 6.61 Å². The number of hydrogen-bond acceptors (Lipinski definition) is 4. The molecule has 17 heavy (non-hydrogen) atoms. The molecular weight excluding hydrogens is 218 g/mol. The molecule has 4 nitrogen and oxygen atoms in total. The van der Waals surface area contributed by atoms with Crippen molar-refractivity contribution in [3.8, 4) is 11.5 Å². The van der Waals surface area contributed by atoms with Gasteiger partial charge in [0.25, 0.3) is 0 Å². The molecule has 4 heteroatoms. The molecular formula is C13H21NO3. The summed E-state index contributed by atoms with van der Waals surface area (Å²) in [6.45, 7) is 1.54. The standard InChI is InChI=1S/C13H21NO3/c1-14-10-11-6-5-7-12(16-2)13(11)17-9-4-3-8-15/h5-7,14-15H,3-4,8-10H2,1-2H3. The molecule has 0 unspecified atom stereocenters. The Bertz CT molecular complexity index is 328. The summed E-state index contributed by atoms with van der Waals surface area (Å²) in [4.78, 5) is 0. The lowest BCUT2D eigenvalue weighted by Crippen LogP contribution is -2.09. The minimum absolute atomic E-state index is 0.207. The number of ether oxygens (including phenoxy) is 2. The minimum atomic E-state index is 0.207. The molecule has 0 heterocycles. The smallest absolute Gasteiger partial charge is 0.165 e. The van der Waals surface area contributed by atoms with Crippen LogP contribution in [0.4, 0.5) is 0 Å². The van der Waals surface area contributed by atoms with Gasteiger partial charge in [0.1, 0.15) is 0 Å². The third-order valence-electron chi connectivity index (χ3n) is 2.45. The van der Waals surface area contributed by atoms with E-state index in [1.54, 1.807) is 7.11 Å². The summed E-state index contributed by atoms with van der Waals surface area (Å²) in [6, 6.07) is 5.85. The number of unbranched alkanes of at least 4 members (excludes halogenated alkanes) is 1. The number of hydrogen-bond donors (Lipinski definition) is 2. The van der Waals surface area contributed by atoms with Crippen molar-refractivity contribution < 1.29 is 14.6 Å². The minimum Gasteiger partial charge on any atom is -0.493 e. The van der Waals surface area contributed by atoms with Gasteiger partial charge in [-0.1, -0.05) is 12.1 Å². The van der Waals surface area contributed by atoms with Crippen LogP contribution < -0.4 is 14.8 Å². The second-order valence-corrected chi connectivity index (χ2v) is 3.76. The lowest BCUT2D eigenvalue weighted by atomic mass is 10.2. The van der Waals surface area contributed by atoms with Gasteiger partial charge in [0.2, 0.25) is 0 Å². The molecule has 1 aromatic rings. The van der Waals surface area contributed by atoms with Gasteiger partial charge >= 0.3 is 0 Å². The molecule has 0 bridgehead atoms. The first kappa shape index (κ1) is 13.8. The molecule has 0 atom stereocenters. The van der Waals surface area contributed by atoms with E-state index in [9.17, 15) is 0 Å². The molecule has 0 saturated carbocycles. The Morgan fingerprint density at radius 2 is 2.12 bits per heavy atom. The first-order valence-corrected chi connectivity index (χ1v) is 5.87. The van der Waals surface area contributed by atoms with Crippen LogP contribution >= 0.6 is 0 Å². The molecule has 96 valence electrons. The Labute approximate surface area is 103 Å². The predicted octanol–water partition coefficient (Wildman–Crippen LogP) is 1.57. The van der Waals surface area contributed by atoms with Crippen LogP contribution in [0.5, 0.6) is 11.5 Å². The summed E-state index contributed by atoms with van der Waals surface area (Å²) in [5.74, 6) is 1.55. The Kier molecular flexibility index (Phi) is 6.43. The van der Waals surface area contributed by atoms with E-state index < -0.39 is 0 Å². The number of para-hydroxylation sites is 1. The molecule has 0 aliphatic rings. The van der Waals surface area contributed by atoms with Gasteiger partial charge in [0, 0.05) is 18.7 Å². The fourth-order valence-corrected chi connectivity index (χ4v) is 1.60. The zero-order chi connectivity index (χ0) is 12.5. The van der Waals surface area contributed by atoms with Crippen molar-refractivity contribution in [2.24, 2.45) is 0 Å². The van der Waals surface area contributed by atoms with Crippen LogP contribution in [0, 0.1) is 0 Å². The molecule has 0 aliphatic heterocycles. The van der Waals surface area contributed by atoms with Crippen molar-refractivity contribution in [1.82, 2.24) is 5.32 Å². The fraction of sp³-hybridized carbons (Fsp3) is 0.538. The number of benzene rings is 1. The normalized spacial score (nSPS) is 10.3. The molecule has 2 N–H and O–H groups in total. The maximum atomic E-state index is 8.71. The molecule has 0 aromatic heterocycles. The highest BCUT2D eigenvalue weighted by atomic mass is 16.5. The molecule has 1 aromatic carbocycles. The Morgan fingerprint density at radius 1 is 1.29 bits per heavy atom. The fourth-order valence-electron chi connectivity index (χ4n) is 1.60. The van der Waals surface area contributed by atoms with E-state index in [2.05, 4.69) is 5.32 Å². The van der Waals surface area contributed by atoms with Crippen LogP contribution in [0.15, 0.2) is 18.2 Å². The Balaban J connectivity index is 2.70. The lowest BCUT2D eigenvalue weighted by Gasteiger charge is -2.14. The number of methoxy groups -OCH3 is 1. The van der Waals surface area contributed by atoms with Gasteiger partial charge in [-0.25, -0.2) is 0 Å². The topological polar surface area (TPSA) is 50.7 Å². The van der Waals surface area contributed by atoms with Gasteiger partial charge in [-0.05, 0) is 26.0 Å². The van der Waals surface area contributed by atoms with Crippen molar-refractivity contribution in [3.63, 3.8) is 0 Å². The van der Waals surface area contributed by atoms with Crippen LogP contribution in [0.1, 0.15) is 18.4 Å². The maximum Gasteiger partial charge on any atom is 0.165 e. The average Bonchev–Trinajstić information content (AvgIpc) is 2.36. The summed E-state index contributed by atoms with van der Waals surface area (Å²) in [5.41, 5.74) is 1.08. The molecule has 1 rings (SSSR count). The third kappa shape index (κ3) is 4.24. The van der Waals surface area contributed by atoms with E-state index in [0.29, 0.717) is 6.61 Å². The van der Waals surface area contributed by atoms with Crippen LogP contribution in [0.3, 0.4) is 0 Å². The van der Waals surface area contributed by atoms with E-state index in [1.807, 2.05) is 25.2 Å². The third-order valence-corrected chi connectivity index (χ3v) is 2.45. The van der Waals surface area contributed by atoms with E-state index in [0.717, 1.165) is 36.4 Å². The van der Waals surface area contributed by atoms with Crippen LogP contribution in [0.2, 0.25) is 0 Å². The monoisotopic (exact) mass is 239 g/mol. The Morgan fingerprint density at radius 3 is 2.76 bits per heavy atom. The number of nitrogens with one attached hydrogen (secondary N) is 1. The lowest BCUT2D eigenvalue weighted by molar-refractivity contribution is 0.246. The quantitative estimate of drug-likeness (QED) is 0.676. The zero-order valence-corrected chi connectivity index (χ0v) is 10.5. The molecule has 0 radical (unpaired) electrons. The van der Waals surface area contributed by atoms with Crippen LogP contribution in [-0.2, 0) is 6.54 Å². The predicted molar refractivity (Wildman–Crippen MR) is 67.6 cm³/mol. The Hall–Kier alpha value is -1.26. The van der Waals surface area contributed by atoms with E-state index >= 15 is 0 Å². The molecule has 0 fully saturated rings. The zero-order valence-electron chi connectivity index (χ0n) is 10.5. The van der Waals surface area contributed by atoms with Crippen molar-refractivity contribution in [2.45, 2.75) is 19.4 Å². The molecule has 0 spiro atoms. The summed E-state index contributed by atoms with van der Waals surface area (Å²) < 4.78 is 11.0. The van der Waals surface area contributed by atoms with Gasteiger partial charge in [-0.2, -0.15) is 0 Å². The second kappa shape index (κ2) is 7.92. The van der Waals surface area contributed by atoms with Gasteiger partial charge in [0.05, 0.1) is 13.7 Å². The van der Waals surface area contributed by atoms with Crippen molar-refractivity contribution in [2.75, 3.05) is 27.4 Å². The van der Waals surface area contributed by atoms with Gasteiger partial charge < -0.3 is 19.9 Å².